The van der Waals surface area contributed by atoms with Crippen LogP contribution in [-0.2, 0) is 9.59 Å². The zero-order valence-electron chi connectivity index (χ0n) is 15.1. The number of allylic oxidation sites excluding steroid dienone is 2. The third kappa shape index (κ3) is 8.45. The minimum atomic E-state index is -0.868. The fraction of sp³-hybridized carbons (Fsp3) is 0.700. The zero-order chi connectivity index (χ0) is 18.7. The number of Topliss-reactive ketones (excluding diaryl/α,β-unsaturated/α-hetero) is 1. The molecule has 0 aromatic carbocycles. The number of aliphatic carboxylic acids is 1. The summed E-state index contributed by atoms with van der Waals surface area (Å²) in [5.41, 5.74) is 0. The Labute approximate surface area is 150 Å². The number of carbonyl (C=O) groups excluding carboxylic acids is 1. The van der Waals surface area contributed by atoms with E-state index in [9.17, 15) is 19.8 Å². The third-order valence-corrected chi connectivity index (χ3v) is 4.72. The normalized spacial score (nSPS) is 25.2. The van der Waals surface area contributed by atoms with E-state index >= 15 is 0 Å². The molecule has 25 heavy (non-hydrogen) atoms. The van der Waals surface area contributed by atoms with Crippen molar-refractivity contribution in [2.24, 2.45) is 11.8 Å². The molecule has 1 saturated carbocycles. The van der Waals surface area contributed by atoms with E-state index in [1.165, 1.54) is 12.8 Å². The highest BCUT2D eigenvalue weighted by Crippen LogP contribution is 2.34. The highest BCUT2D eigenvalue weighted by molar-refractivity contribution is 5.86. The molecule has 4 atom stereocenters. The quantitative estimate of drug-likeness (QED) is 0.370. The van der Waals surface area contributed by atoms with Gasteiger partial charge in [-0.25, -0.2) is 0 Å². The van der Waals surface area contributed by atoms with E-state index in [0.29, 0.717) is 19.3 Å². The largest absolute Gasteiger partial charge is 0.481 e. The highest BCUT2D eigenvalue weighted by Gasteiger charge is 2.39. The van der Waals surface area contributed by atoms with Crippen LogP contribution in [0.25, 0.3) is 0 Å². The summed E-state index contributed by atoms with van der Waals surface area (Å²) >= 11 is 0. The van der Waals surface area contributed by atoms with Crippen molar-refractivity contribution in [2.45, 2.75) is 76.9 Å². The molecule has 0 bridgehead atoms. The standard InChI is InChI=1S/C20H32O5/c1-2-3-4-5-6-7-9-15(21)12-13-17-16(10-8-11-20(24)25)18(22)14-19(17)23/h6-7,12-13,15-18,21-22H,2-5,8-11,14H2,1H3,(H,24,25)/b7-6-,13-12+/t15-,16+,17+,18-/m0/s1. The lowest BCUT2D eigenvalue weighted by molar-refractivity contribution is -0.137. The summed E-state index contributed by atoms with van der Waals surface area (Å²) in [5, 5.41) is 28.8. The van der Waals surface area contributed by atoms with Crippen LogP contribution < -0.4 is 0 Å². The minimum Gasteiger partial charge on any atom is -0.481 e. The van der Waals surface area contributed by atoms with Crippen molar-refractivity contribution in [3.63, 3.8) is 0 Å². The topological polar surface area (TPSA) is 94.8 Å². The zero-order valence-corrected chi connectivity index (χ0v) is 15.1. The molecule has 1 aliphatic rings. The van der Waals surface area contributed by atoms with Crippen LogP contribution in [0.3, 0.4) is 0 Å². The first-order valence-electron chi connectivity index (χ1n) is 9.39. The van der Waals surface area contributed by atoms with E-state index in [2.05, 4.69) is 13.0 Å². The number of carboxylic acid groups (broad SMARTS) is 1. The van der Waals surface area contributed by atoms with E-state index < -0.39 is 24.1 Å². The van der Waals surface area contributed by atoms with Gasteiger partial charge < -0.3 is 15.3 Å². The lowest BCUT2D eigenvalue weighted by atomic mass is 9.88. The Morgan fingerprint density at radius 3 is 2.72 bits per heavy atom. The molecule has 1 rings (SSSR count). The van der Waals surface area contributed by atoms with Crippen molar-refractivity contribution in [3.8, 4) is 0 Å². The molecule has 0 radical (unpaired) electrons. The number of ketones is 1. The molecule has 0 heterocycles. The van der Waals surface area contributed by atoms with Gasteiger partial charge in [0, 0.05) is 18.8 Å². The molecule has 142 valence electrons. The van der Waals surface area contributed by atoms with Gasteiger partial charge in [-0.2, -0.15) is 0 Å². The van der Waals surface area contributed by atoms with E-state index in [-0.39, 0.29) is 24.5 Å². The average Bonchev–Trinajstić information content (AvgIpc) is 2.82. The lowest BCUT2D eigenvalue weighted by Gasteiger charge is -2.18. The Hall–Kier alpha value is -1.46. The molecule has 0 saturated heterocycles. The number of aliphatic hydroxyl groups excluding tert-OH is 2. The minimum absolute atomic E-state index is 0.0358. The lowest BCUT2D eigenvalue weighted by Crippen LogP contribution is -2.20. The number of aliphatic hydroxyl groups is 2. The van der Waals surface area contributed by atoms with E-state index in [1.54, 1.807) is 12.2 Å². The highest BCUT2D eigenvalue weighted by atomic mass is 16.4. The second kappa shape index (κ2) is 12.0. The average molecular weight is 352 g/mol. The van der Waals surface area contributed by atoms with Gasteiger partial charge in [0.05, 0.1) is 12.2 Å². The first-order chi connectivity index (χ1) is 12.0. The summed E-state index contributed by atoms with van der Waals surface area (Å²) in [7, 11) is 0. The van der Waals surface area contributed by atoms with Crippen LogP contribution in [0.4, 0.5) is 0 Å². The van der Waals surface area contributed by atoms with Gasteiger partial charge in [0.2, 0.25) is 0 Å². The van der Waals surface area contributed by atoms with Crippen molar-refractivity contribution >= 4 is 11.8 Å². The van der Waals surface area contributed by atoms with E-state index in [0.717, 1.165) is 12.8 Å². The van der Waals surface area contributed by atoms with Crippen LogP contribution in [0.5, 0.6) is 0 Å². The van der Waals surface area contributed by atoms with Crippen molar-refractivity contribution < 1.29 is 24.9 Å². The number of carbonyl (C=O) groups is 2. The van der Waals surface area contributed by atoms with Crippen molar-refractivity contribution in [3.05, 3.63) is 24.3 Å². The molecule has 0 unspecified atom stereocenters. The molecular formula is C20H32O5. The summed E-state index contributed by atoms with van der Waals surface area (Å²) in [6, 6.07) is 0. The van der Waals surface area contributed by atoms with Gasteiger partial charge in [-0.05, 0) is 38.0 Å². The Bertz CT molecular complexity index is 469. The predicted molar refractivity (Wildman–Crippen MR) is 97.1 cm³/mol. The second-order valence-electron chi connectivity index (χ2n) is 6.87. The Kier molecular flexibility index (Phi) is 10.3. The van der Waals surface area contributed by atoms with Crippen LogP contribution in [0.1, 0.15) is 64.7 Å². The van der Waals surface area contributed by atoms with Crippen molar-refractivity contribution in [2.75, 3.05) is 0 Å². The monoisotopic (exact) mass is 352 g/mol. The molecule has 0 aliphatic heterocycles. The fourth-order valence-corrected chi connectivity index (χ4v) is 3.27. The predicted octanol–water partition coefficient (Wildman–Crippen LogP) is 3.25. The Morgan fingerprint density at radius 1 is 1.28 bits per heavy atom. The molecule has 0 aromatic rings. The summed E-state index contributed by atoms with van der Waals surface area (Å²) in [5.74, 6) is -1.58. The summed E-state index contributed by atoms with van der Waals surface area (Å²) in [6.45, 7) is 2.16. The van der Waals surface area contributed by atoms with E-state index in [4.69, 9.17) is 5.11 Å². The van der Waals surface area contributed by atoms with Gasteiger partial charge in [0.15, 0.2) is 0 Å². The maximum atomic E-state index is 12.0. The first-order valence-corrected chi connectivity index (χ1v) is 9.39. The molecule has 0 amide bonds. The third-order valence-electron chi connectivity index (χ3n) is 4.72. The molecular weight excluding hydrogens is 320 g/mol. The van der Waals surface area contributed by atoms with Crippen LogP contribution in [0.15, 0.2) is 24.3 Å². The SMILES string of the molecule is CCCCC/C=C\C[C@H](O)/C=C/[C@H]1C(=O)C[C@H](O)[C@@H]1CCCC(=O)O. The molecule has 5 heteroatoms. The molecule has 3 N–H and O–H groups in total. The summed E-state index contributed by atoms with van der Waals surface area (Å²) < 4.78 is 0. The van der Waals surface area contributed by atoms with Crippen LogP contribution in [0, 0.1) is 11.8 Å². The molecule has 5 nitrogen and oxygen atoms in total. The number of carboxylic acids is 1. The van der Waals surface area contributed by atoms with Crippen molar-refractivity contribution in [1.82, 2.24) is 0 Å². The number of hydrogen-bond acceptors (Lipinski definition) is 4. The summed E-state index contributed by atoms with van der Waals surface area (Å²) in [4.78, 5) is 22.7. The smallest absolute Gasteiger partial charge is 0.303 e. The van der Waals surface area contributed by atoms with Crippen LogP contribution in [-0.4, -0.2) is 39.3 Å². The maximum Gasteiger partial charge on any atom is 0.303 e. The van der Waals surface area contributed by atoms with Gasteiger partial charge in [0.1, 0.15) is 5.78 Å². The summed E-state index contributed by atoms with van der Waals surface area (Å²) in [6.07, 6.45) is 12.2. The van der Waals surface area contributed by atoms with Crippen LogP contribution >= 0.6 is 0 Å². The number of hydrogen-bond donors (Lipinski definition) is 3. The van der Waals surface area contributed by atoms with Gasteiger partial charge in [0.25, 0.3) is 0 Å². The fourth-order valence-electron chi connectivity index (χ4n) is 3.27. The number of unbranched alkanes of at least 4 members (excludes halogenated alkanes) is 3. The number of rotatable bonds is 12. The van der Waals surface area contributed by atoms with Gasteiger partial charge in [-0.15, -0.1) is 0 Å². The molecule has 1 aliphatic carbocycles. The van der Waals surface area contributed by atoms with Gasteiger partial charge >= 0.3 is 5.97 Å². The Balaban J connectivity index is 2.45. The second-order valence-corrected chi connectivity index (χ2v) is 6.87. The first kappa shape index (κ1) is 21.6. The van der Waals surface area contributed by atoms with Crippen LogP contribution in [0.2, 0.25) is 0 Å². The molecule has 1 fully saturated rings. The molecule has 0 aromatic heterocycles. The molecule has 0 spiro atoms. The van der Waals surface area contributed by atoms with Crippen molar-refractivity contribution in [1.29, 1.82) is 0 Å². The van der Waals surface area contributed by atoms with Gasteiger partial charge in [-0.1, -0.05) is 44.1 Å². The Morgan fingerprint density at radius 2 is 2.04 bits per heavy atom. The van der Waals surface area contributed by atoms with Gasteiger partial charge in [-0.3, -0.25) is 9.59 Å². The maximum absolute atomic E-state index is 12.0. The van der Waals surface area contributed by atoms with E-state index in [1.807, 2.05) is 6.08 Å².